The van der Waals surface area contributed by atoms with Crippen molar-refractivity contribution in [2.45, 2.75) is 13.3 Å². The van der Waals surface area contributed by atoms with Crippen molar-refractivity contribution in [1.29, 1.82) is 5.41 Å². The Morgan fingerprint density at radius 1 is 1.50 bits per heavy atom. The van der Waals surface area contributed by atoms with Gasteiger partial charge in [-0.2, -0.15) is 0 Å². The van der Waals surface area contributed by atoms with Gasteiger partial charge in [-0.1, -0.05) is 22.9 Å². The highest BCUT2D eigenvalue weighted by atomic mass is 79.9. The number of rotatable bonds is 4. The summed E-state index contributed by atoms with van der Waals surface area (Å²) in [7, 11) is 0. The van der Waals surface area contributed by atoms with Crippen LogP contribution < -0.4 is 5.32 Å². The van der Waals surface area contributed by atoms with Crippen molar-refractivity contribution in [2.24, 2.45) is 5.92 Å². The Hall–Kier alpha value is -0.870. The zero-order valence-corrected chi connectivity index (χ0v) is 11.3. The summed E-state index contributed by atoms with van der Waals surface area (Å²) in [6, 6.07) is 7.36. The minimum atomic E-state index is -0.339. The van der Waals surface area contributed by atoms with E-state index in [-0.39, 0.29) is 24.2 Å². The van der Waals surface area contributed by atoms with Gasteiger partial charge in [-0.25, -0.2) is 0 Å². The van der Waals surface area contributed by atoms with Crippen LogP contribution in [0, 0.1) is 11.3 Å². The maximum absolute atomic E-state index is 11.6. The van der Waals surface area contributed by atoms with Crippen molar-refractivity contribution in [3.8, 4) is 0 Å². The van der Waals surface area contributed by atoms with E-state index in [0.29, 0.717) is 6.42 Å². The average molecular weight is 306 g/mol. The molecule has 2 N–H and O–H groups in total. The van der Waals surface area contributed by atoms with E-state index >= 15 is 0 Å². The van der Waals surface area contributed by atoms with Gasteiger partial charge in [-0.05, 0) is 30.7 Å². The van der Waals surface area contributed by atoms with Gasteiger partial charge in [0.05, 0.1) is 5.92 Å². The third kappa shape index (κ3) is 4.33. The van der Waals surface area contributed by atoms with Crippen molar-refractivity contribution in [2.75, 3.05) is 5.32 Å². The largest absolute Gasteiger partial charge is 0.326 e. The first kappa shape index (κ1) is 15.1. The molecule has 16 heavy (non-hydrogen) atoms. The number of amides is 1. The number of nitrogens with one attached hydrogen (secondary N) is 2. The Kier molecular flexibility index (Phi) is 7.01. The van der Waals surface area contributed by atoms with Crippen molar-refractivity contribution >= 4 is 46.1 Å². The van der Waals surface area contributed by atoms with E-state index < -0.39 is 0 Å². The molecular formula is C11H14BrClN2O. The number of carbonyl (C=O) groups excluding carboxylic acids is 1. The second-order valence-corrected chi connectivity index (χ2v) is 4.09. The molecular weight excluding hydrogens is 291 g/mol. The fraction of sp³-hybridized carbons (Fsp3) is 0.273. The number of halogens is 2. The molecule has 0 radical (unpaired) electrons. The highest BCUT2D eigenvalue weighted by Gasteiger charge is 2.12. The first-order chi connectivity index (χ1) is 7.17. The quantitative estimate of drug-likeness (QED) is 0.822. The molecule has 1 aromatic rings. The fourth-order valence-corrected chi connectivity index (χ4v) is 1.41. The molecule has 88 valence electrons. The molecule has 1 aromatic carbocycles. The first-order valence-electron chi connectivity index (χ1n) is 4.74. The van der Waals surface area contributed by atoms with E-state index in [2.05, 4.69) is 21.2 Å². The molecule has 0 saturated heterocycles. The summed E-state index contributed by atoms with van der Waals surface area (Å²) in [6.45, 7) is 1.89. The lowest BCUT2D eigenvalue weighted by Gasteiger charge is -2.09. The van der Waals surface area contributed by atoms with Gasteiger partial charge in [-0.3, -0.25) is 4.79 Å². The molecule has 0 saturated carbocycles. The van der Waals surface area contributed by atoms with Crippen molar-refractivity contribution < 1.29 is 4.79 Å². The molecule has 1 atom stereocenters. The van der Waals surface area contributed by atoms with Gasteiger partial charge in [0.25, 0.3) is 0 Å². The number of hydrogen-bond donors (Lipinski definition) is 2. The molecule has 0 fully saturated rings. The van der Waals surface area contributed by atoms with Gasteiger partial charge in [0.15, 0.2) is 0 Å². The Morgan fingerprint density at radius 2 is 2.06 bits per heavy atom. The first-order valence-corrected chi connectivity index (χ1v) is 5.53. The average Bonchev–Trinajstić information content (AvgIpc) is 2.23. The minimum absolute atomic E-state index is 0. The van der Waals surface area contributed by atoms with Gasteiger partial charge >= 0.3 is 0 Å². The molecule has 0 bridgehead atoms. The molecule has 5 heteroatoms. The highest BCUT2D eigenvalue weighted by Crippen LogP contribution is 2.15. The highest BCUT2D eigenvalue weighted by molar-refractivity contribution is 9.10. The van der Waals surface area contributed by atoms with Crippen molar-refractivity contribution in [3.63, 3.8) is 0 Å². The summed E-state index contributed by atoms with van der Waals surface area (Å²) < 4.78 is 0.972. The third-order valence-corrected chi connectivity index (χ3v) is 2.62. The zero-order valence-electron chi connectivity index (χ0n) is 8.87. The maximum atomic E-state index is 11.6. The SMILES string of the molecule is CC[C@@H](C=N)C(=O)Nc1ccc(Br)cc1.Cl. The van der Waals surface area contributed by atoms with Crippen molar-refractivity contribution in [1.82, 2.24) is 0 Å². The lowest BCUT2D eigenvalue weighted by Crippen LogP contribution is -2.22. The van der Waals surface area contributed by atoms with Crippen LogP contribution >= 0.6 is 28.3 Å². The Balaban J connectivity index is 0.00000225. The smallest absolute Gasteiger partial charge is 0.232 e. The Bertz CT molecular complexity index is 354. The molecule has 0 heterocycles. The van der Waals surface area contributed by atoms with E-state index in [1.165, 1.54) is 6.21 Å². The maximum Gasteiger partial charge on any atom is 0.232 e. The summed E-state index contributed by atoms with van der Waals surface area (Å²) in [5, 5.41) is 9.86. The summed E-state index contributed by atoms with van der Waals surface area (Å²) in [5.41, 5.74) is 0.753. The predicted octanol–water partition coefficient (Wildman–Crippen LogP) is 3.49. The van der Waals surface area contributed by atoms with Crippen LogP contribution in [0.4, 0.5) is 5.69 Å². The molecule has 1 amide bonds. The molecule has 3 nitrogen and oxygen atoms in total. The van der Waals surface area contributed by atoms with Crippen LogP contribution in [0.2, 0.25) is 0 Å². The second-order valence-electron chi connectivity index (χ2n) is 3.18. The summed E-state index contributed by atoms with van der Waals surface area (Å²) in [6.07, 6.45) is 1.82. The lowest BCUT2D eigenvalue weighted by atomic mass is 10.1. The van der Waals surface area contributed by atoms with E-state index in [1.54, 1.807) is 0 Å². The molecule has 0 spiro atoms. The van der Waals surface area contributed by atoms with Gasteiger partial charge in [0.2, 0.25) is 5.91 Å². The van der Waals surface area contributed by atoms with E-state index in [4.69, 9.17) is 5.41 Å². The number of benzene rings is 1. The summed E-state index contributed by atoms with van der Waals surface area (Å²) >= 11 is 3.32. The summed E-state index contributed by atoms with van der Waals surface area (Å²) in [5.74, 6) is -0.469. The Labute approximate surface area is 110 Å². The van der Waals surface area contributed by atoms with Crippen LogP contribution in [0.3, 0.4) is 0 Å². The molecule has 0 aliphatic heterocycles. The van der Waals surface area contributed by atoms with Gasteiger partial charge < -0.3 is 10.7 Å². The van der Waals surface area contributed by atoms with Crippen LogP contribution in [-0.2, 0) is 4.79 Å². The molecule has 0 aromatic heterocycles. The van der Waals surface area contributed by atoms with Gasteiger partial charge in [-0.15, -0.1) is 12.4 Å². The number of hydrogen-bond acceptors (Lipinski definition) is 2. The Morgan fingerprint density at radius 3 is 2.50 bits per heavy atom. The summed E-state index contributed by atoms with van der Waals surface area (Å²) in [4.78, 5) is 11.6. The molecule has 1 rings (SSSR count). The monoisotopic (exact) mass is 304 g/mol. The van der Waals surface area contributed by atoms with Gasteiger partial charge in [0.1, 0.15) is 0 Å². The van der Waals surface area contributed by atoms with Gasteiger partial charge in [0, 0.05) is 16.4 Å². The predicted molar refractivity (Wildman–Crippen MR) is 72.6 cm³/mol. The third-order valence-electron chi connectivity index (χ3n) is 2.09. The molecule has 0 aliphatic rings. The standard InChI is InChI=1S/C11H13BrN2O.ClH/c1-2-8(7-13)11(15)14-10-5-3-9(12)4-6-10;/h3-8,13H,2H2,1H3,(H,14,15);1H/t8-;/m0./s1. The van der Waals surface area contributed by atoms with Crippen LogP contribution in [-0.4, -0.2) is 12.1 Å². The van der Waals surface area contributed by atoms with E-state index in [1.807, 2.05) is 31.2 Å². The topological polar surface area (TPSA) is 53.0 Å². The second kappa shape index (κ2) is 7.41. The van der Waals surface area contributed by atoms with Crippen LogP contribution in [0.1, 0.15) is 13.3 Å². The minimum Gasteiger partial charge on any atom is -0.326 e. The molecule has 0 unspecified atom stereocenters. The van der Waals surface area contributed by atoms with Crippen LogP contribution in [0.25, 0.3) is 0 Å². The molecule has 0 aliphatic carbocycles. The van der Waals surface area contributed by atoms with Crippen LogP contribution in [0.15, 0.2) is 28.7 Å². The lowest BCUT2D eigenvalue weighted by molar-refractivity contribution is -0.118. The fourth-order valence-electron chi connectivity index (χ4n) is 1.15. The normalized spacial score (nSPS) is 11.1. The van der Waals surface area contributed by atoms with E-state index in [9.17, 15) is 4.79 Å². The van der Waals surface area contributed by atoms with E-state index in [0.717, 1.165) is 10.2 Å². The number of carbonyl (C=O) groups is 1. The van der Waals surface area contributed by atoms with Crippen molar-refractivity contribution in [3.05, 3.63) is 28.7 Å². The van der Waals surface area contributed by atoms with Crippen LogP contribution in [0.5, 0.6) is 0 Å². The number of anilines is 1. The zero-order chi connectivity index (χ0) is 11.3.